The van der Waals surface area contributed by atoms with Gasteiger partial charge in [-0.3, -0.25) is 0 Å². The van der Waals surface area contributed by atoms with E-state index in [0.29, 0.717) is 12.0 Å². The highest BCUT2D eigenvalue weighted by Crippen LogP contribution is 2.24. The van der Waals surface area contributed by atoms with E-state index >= 15 is 0 Å². The number of nitrogens with one attached hydrogen (secondary N) is 1. The zero-order valence-electron chi connectivity index (χ0n) is 11.6. The van der Waals surface area contributed by atoms with E-state index in [4.69, 9.17) is 0 Å². The molecule has 0 amide bonds. The largest absolute Gasteiger partial charge is 0.507 e. The molecule has 3 nitrogen and oxygen atoms in total. The molecular formula is C14H23BrN2O. The van der Waals surface area contributed by atoms with Crippen LogP contribution >= 0.6 is 15.9 Å². The van der Waals surface area contributed by atoms with Gasteiger partial charge in [0.1, 0.15) is 5.75 Å². The average Bonchev–Trinajstić information content (AvgIpc) is 2.28. The Kier molecular flexibility index (Phi) is 6.12. The number of hydrogen-bond acceptors (Lipinski definition) is 3. The fourth-order valence-electron chi connectivity index (χ4n) is 1.81. The monoisotopic (exact) mass is 314 g/mol. The maximum Gasteiger partial charge on any atom is 0.129 e. The topological polar surface area (TPSA) is 35.5 Å². The second-order valence-corrected chi connectivity index (χ2v) is 6.13. The minimum Gasteiger partial charge on any atom is -0.507 e. The van der Waals surface area contributed by atoms with E-state index in [1.54, 1.807) is 6.07 Å². The van der Waals surface area contributed by atoms with Gasteiger partial charge in [-0.05, 0) is 53.6 Å². The Balaban J connectivity index is 2.58. The molecule has 0 aliphatic rings. The normalized spacial score (nSPS) is 13.3. The second kappa shape index (κ2) is 7.12. The van der Waals surface area contributed by atoms with Gasteiger partial charge in [0, 0.05) is 19.1 Å². The van der Waals surface area contributed by atoms with Crippen molar-refractivity contribution in [3.8, 4) is 5.75 Å². The molecule has 0 heterocycles. The molecule has 0 aliphatic carbocycles. The molecular weight excluding hydrogens is 292 g/mol. The molecule has 0 aromatic heterocycles. The maximum absolute atomic E-state index is 9.45. The van der Waals surface area contributed by atoms with Crippen molar-refractivity contribution in [1.82, 2.24) is 10.2 Å². The van der Waals surface area contributed by atoms with Crippen LogP contribution in [0.2, 0.25) is 0 Å². The summed E-state index contributed by atoms with van der Waals surface area (Å²) in [5, 5.41) is 13.0. The minimum atomic E-state index is 0.285. The Labute approximate surface area is 118 Å². The van der Waals surface area contributed by atoms with Gasteiger partial charge in [0.2, 0.25) is 0 Å². The highest BCUT2D eigenvalue weighted by atomic mass is 79.9. The van der Waals surface area contributed by atoms with Crippen molar-refractivity contribution < 1.29 is 5.11 Å². The lowest BCUT2D eigenvalue weighted by Gasteiger charge is -2.25. The second-order valence-electron chi connectivity index (χ2n) is 5.28. The molecule has 0 aliphatic heterocycles. The number of phenols is 1. The molecule has 1 aromatic rings. The van der Waals surface area contributed by atoms with Crippen LogP contribution in [-0.4, -0.2) is 36.7 Å². The van der Waals surface area contributed by atoms with Gasteiger partial charge < -0.3 is 15.3 Å². The van der Waals surface area contributed by atoms with E-state index in [-0.39, 0.29) is 5.75 Å². The van der Waals surface area contributed by atoms with Crippen molar-refractivity contribution in [1.29, 1.82) is 0 Å². The summed E-state index contributed by atoms with van der Waals surface area (Å²) in [5.41, 5.74) is 1.17. The van der Waals surface area contributed by atoms with Crippen molar-refractivity contribution in [2.45, 2.75) is 26.4 Å². The lowest BCUT2D eigenvalue weighted by Crippen LogP contribution is -2.41. The highest BCUT2D eigenvalue weighted by Gasteiger charge is 2.13. The molecule has 0 saturated carbocycles. The third-order valence-corrected chi connectivity index (χ3v) is 3.58. The van der Waals surface area contributed by atoms with Crippen LogP contribution in [0.25, 0.3) is 0 Å². The van der Waals surface area contributed by atoms with Crippen LogP contribution in [0.15, 0.2) is 22.7 Å². The quantitative estimate of drug-likeness (QED) is 0.847. The Hall–Kier alpha value is -0.580. The minimum absolute atomic E-state index is 0.285. The van der Waals surface area contributed by atoms with E-state index in [2.05, 4.69) is 54.1 Å². The van der Waals surface area contributed by atoms with E-state index < -0.39 is 0 Å². The van der Waals surface area contributed by atoms with Gasteiger partial charge in [-0.2, -0.15) is 0 Å². The van der Waals surface area contributed by atoms with Crippen LogP contribution in [0, 0.1) is 5.92 Å². The summed E-state index contributed by atoms with van der Waals surface area (Å²) in [4.78, 5) is 2.20. The molecule has 1 aromatic carbocycles. The molecule has 0 radical (unpaired) electrons. The molecule has 1 rings (SSSR count). The van der Waals surface area contributed by atoms with Crippen LogP contribution < -0.4 is 5.32 Å². The van der Waals surface area contributed by atoms with E-state index in [1.165, 1.54) is 5.56 Å². The SMILES string of the molecule is CC(C)C(CN(C)C)NCc1ccc(O)c(Br)c1. The summed E-state index contributed by atoms with van der Waals surface area (Å²) in [6.07, 6.45) is 0. The van der Waals surface area contributed by atoms with Gasteiger partial charge in [0.05, 0.1) is 4.47 Å². The van der Waals surface area contributed by atoms with E-state index in [9.17, 15) is 5.11 Å². The predicted molar refractivity (Wildman–Crippen MR) is 79.8 cm³/mol. The number of hydrogen-bond donors (Lipinski definition) is 2. The van der Waals surface area contributed by atoms with Gasteiger partial charge in [0.15, 0.2) is 0 Å². The van der Waals surface area contributed by atoms with E-state index in [0.717, 1.165) is 17.6 Å². The van der Waals surface area contributed by atoms with Gasteiger partial charge in [0.25, 0.3) is 0 Å². The highest BCUT2D eigenvalue weighted by molar-refractivity contribution is 9.10. The summed E-state index contributed by atoms with van der Waals surface area (Å²) < 4.78 is 0.746. The summed E-state index contributed by atoms with van der Waals surface area (Å²) >= 11 is 3.34. The average molecular weight is 315 g/mol. The molecule has 0 saturated heterocycles. The van der Waals surface area contributed by atoms with Gasteiger partial charge in [-0.15, -0.1) is 0 Å². The third kappa shape index (κ3) is 4.96. The molecule has 102 valence electrons. The summed E-state index contributed by atoms with van der Waals surface area (Å²) in [5.74, 6) is 0.875. The molecule has 0 bridgehead atoms. The molecule has 4 heteroatoms. The first-order valence-corrected chi connectivity index (χ1v) is 7.05. The molecule has 0 spiro atoms. The summed E-state index contributed by atoms with van der Waals surface area (Å²) in [6.45, 7) is 6.30. The number of rotatable bonds is 6. The number of benzene rings is 1. The Morgan fingerprint density at radius 3 is 2.50 bits per heavy atom. The van der Waals surface area contributed by atoms with Gasteiger partial charge in [-0.1, -0.05) is 19.9 Å². The predicted octanol–water partition coefficient (Wildman–Crippen LogP) is 2.83. The fraction of sp³-hybridized carbons (Fsp3) is 0.571. The van der Waals surface area contributed by atoms with E-state index in [1.807, 2.05) is 12.1 Å². The first-order chi connectivity index (χ1) is 8.40. The van der Waals surface area contributed by atoms with Crippen LogP contribution in [0.1, 0.15) is 19.4 Å². The molecule has 2 N–H and O–H groups in total. The van der Waals surface area contributed by atoms with Crippen LogP contribution in [0.5, 0.6) is 5.75 Å². The number of phenolic OH excluding ortho intramolecular Hbond substituents is 1. The van der Waals surface area contributed by atoms with Crippen LogP contribution in [-0.2, 0) is 6.54 Å². The van der Waals surface area contributed by atoms with Crippen molar-refractivity contribution in [3.63, 3.8) is 0 Å². The van der Waals surface area contributed by atoms with Crippen molar-refractivity contribution in [3.05, 3.63) is 28.2 Å². The number of halogens is 1. The molecule has 1 atom stereocenters. The fourth-order valence-corrected chi connectivity index (χ4v) is 2.24. The van der Waals surface area contributed by atoms with Crippen LogP contribution in [0.4, 0.5) is 0 Å². The Morgan fingerprint density at radius 2 is 2.00 bits per heavy atom. The van der Waals surface area contributed by atoms with Gasteiger partial charge in [-0.25, -0.2) is 0 Å². The summed E-state index contributed by atoms with van der Waals surface area (Å²) in [6, 6.07) is 6.08. The van der Waals surface area contributed by atoms with Crippen molar-refractivity contribution >= 4 is 15.9 Å². The lowest BCUT2D eigenvalue weighted by atomic mass is 10.0. The Bertz CT molecular complexity index is 380. The maximum atomic E-state index is 9.45. The molecule has 18 heavy (non-hydrogen) atoms. The van der Waals surface area contributed by atoms with Crippen molar-refractivity contribution in [2.75, 3.05) is 20.6 Å². The third-order valence-electron chi connectivity index (χ3n) is 2.95. The van der Waals surface area contributed by atoms with Gasteiger partial charge >= 0.3 is 0 Å². The standard InChI is InChI=1S/C14H23BrN2O/c1-10(2)13(9-17(3)4)16-8-11-5-6-14(18)12(15)7-11/h5-7,10,13,16,18H,8-9H2,1-4H3. The first kappa shape index (κ1) is 15.5. The number of aromatic hydroxyl groups is 1. The lowest BCUT2D eigenvalue weighted by molar-refractivity contribution is 0.288. The number of nitrogens with zero attached hydrogens (tertiary/aromatic N) is 1. The van der Waals surface area contributed by atoms with Crippen molar-refractivity contribution in [2.24, 2.45) is 5.92 Å². The molecule has 1 unspecified atom stereocenters. The first-order valence-electron chi connectivity index (χ1n) is 6.25. The van der Waals surface area contributed by atoms with Crippen LogP contribution in [0.3, 0.4) is 0 Å². The smallest absolute Gasteiger partial charge is 0.129 e. The zero-order chi connectivity index (χ0) is 13.7. The molecule has 0 fully saturated rings. The zero-order valence-corrected chi connectivity index (χ0v) is 13.2. The number of likely N-dealkylation sites (N-methyl/N-ethyl adjacent to an activating group) is 1. The Morgan fingerprint density at radius 1 is 1.33 bits per heavy atom. The summed E-state index contributed by atoms with van der Waals surface area (Å²) in [7, 11) is 4.18.